The van der Waals surface area contributed by atoms with Crippen LogP contribution in [0, 0.1) is 0 Å². The maximum Gasteiger partial charge on any atom is 0.240 e. The van der Waals surface area contributed by atoms with E-state index < -0.39 is 10.0 Å². The number of benzene rings is 1. The molecule has 1 fully saturated rings. The van der Waals surface area contributed by atoms with Gasteiger partial charge >= 0.3 is 0 Å². The van der Waals surface area contributed by atoms with E-state index >= 15 is 0 Å². The quantitative estimate of drug-likeness (QED) is 0.780. The highest BCUT2D eigenvalue weighted by atomic mass is 32.2. The second-order valence-corrected chi connectivity index (χ2v) is 6.48. The predicted octanol–water partition coefficient (Wildman–Crippen LogP) is 0.912. The first-order valence-electron chi connectivity index (χ1n) is 6.65. The van der Waals surface area contributed by atoms with E-state index in [-0.39, 0.29) is 0 Å². The van der Waals surface area contributed by atoms with Crippen LogP contribution in [-0.4, -0.2) is 34.1 Å². The highest BCUT2D eigenvalue weighted by Gasteiger charge is 2.28. The van der Waals surface area contributed by atoms with E-state index in [1.54, 1.807) is 19.1 Å². The van der Waals surface area contributed by atoms with Crippen molar-refractivity contribution in [1.29, 1.82) is 0 Å². The molecule has 0 atom stereocenters. The van der Waals surface area contributed by atoms with Crippen LogP contribution in [0.5, 0.6) is 0 Å². The highest BCUT2D eigenvalue weighted by molar-refractivity contribution is 7.89. The molecular weight excluding hydrogens is 262 g/mol. The minimum Gasteiger partial charge on any atom is -0.367 e. The summed E-state index contributed by atoms with van der Waals surface area (Å²) in [7, 11) is -3.36. The van der Waals surface area contributed by atoms with Gasteiger partial charge in [0.1, 0.15) is 0 Å². The van der Waals surface area contributed by atoms with Gasteiger partial charge < -0.3 is 10.6 Å². The standard InChI is InChI=1S/C13H21N3O2S/c1-2-15-19(17,18)13-7-5-12(6-8-13)16(10-9-14)11-3-4-11/h5-8,11,15H,2-4,9-10,14H2,1H3. The van der Waals surface area contributed by atoms with Gasteiger partial charge in [-0.3, -0.25) is 0 Å². The zero-order valence-corrected chi connectivity index (χ0v) is 12.0. The number of sulfonamides is 1. The molecule has 6 heteroatoms. The van der Waals surface area contributed by atoms with Crippen molar-refractivity contribution >= 4 is 15.7 Å². The van der Waals surface area contributed by atoms with Crippen LogP contribution in [0.4, 0.5) is 5.69 Å². The Hall–Kier alpha value is -1.11. The summed E-state index contributed by atoms with van der Waals surface area (Å²) in [6.07, 6.45) is 2.38. The fraction of sp³-hybridized carbons (Fsp3) is 0.538. The van der Waals surface area contributed by atoms with Crippen LogP contribution >= 0.6 is 0 Å². The first-order valence-corrected chi connectivity index (χ1v) is 8.13. The van der Waals surface area contributed by atoms with Crippen LogP contribution in [-0.2, 0) is 10.0 Å². The molecule has 106 valence electrons. The summed E-state index contributed by atoms with van der Waals surface area (Å²) < 4.78 is 26.2. The van der Waals surface area contributed by atoms with E-state index in [9.17, 15) is 8.42 Å². The largest absolute Gasteiger partial charge is 0.367 e. The van der Waals surface area contributed by atoms with Gasteiger partial charge in [0.25, 0.3) is 0 Å². The Morgan fingerprint density at radius 2 is 1.95 bits per heavy atom. The molecule has 2 rings (SSSR count). The fourth-order valence-electron chi connectivity index (χ4n) is 2.14. The van der Waals surface area contributed by atoms with Gasteiger partial charge in [0.05, 0.1) is 4.90 Å². The molecule has 0 heterocycles. The van der Waals surface area contributed by atoms with E-state index in [2.05, 4.69) is 9.62 Å². The van der Waals surface area contributed by atoms with Crippen molar-refractivity contribution in [2.24, 2.45) is 5.73 Å². The third kappa shape index (κ3) is 3.46. The van der Waals surface area contributed by atoms with Crippen molar-refractivity contribution in [2.45, 2.75) is 30.7 Å². The molecule has 0 amide bonds. The topological polar surface area (TPSA) is 75.4 Å². The smallest absolute Gasteiger partial charge is 0.240 e. The van der Waals surface area contributed by atoms with Crippen LogP contribution in [0.25, 0.3) is 0 Å². The van der Waals surface area contributed by atoms with E-state index in [1.807, 2.05) is 12.1 Å². The lowest BCUT2D eigenvalue weighted by atomic mass is 10.3. The maximum atomic E-state index is 11.8. The second kappa shape index (κ2) is 5.90. The molecule has 0 aromatic heterocycles. The number of nitrogens with zero attached hydrogens (tertiary/aromatic N) is 1. The third-order valence-electron chi connectivity index (χ3n) is 3.17. The van der Waals surface area contributed by atoms with Crippen molar-refractivity contribution in [3.8, 4) is 0 Å². The Kier molecular flexibility index (Phi) is 4.44. The van der Waals surface area contributed by atoms with E-state index in [4.69, 9.17) is 5.73 Å². The predicted molar refractivity (Wildman–Crippen MR) is 76.7 cm³/mol. The number of anilines is 1. The summed E-state index contributed by atoms with van der Waals surface area (Å²) in [5.74, 6) is 0. The molecular formula is C13H21N3O2S. The van der Waals surface area contributed by atoms with Gasteiger partial charge in [-0.25, -0.2) is 13.1 Å². The maximum absolute atomic E-state index is 11.8. The summed E-state index contributed by atoms with van der Waals surface area (Å²) >= 11 is 0. The van der Waals surface area contributed by atoms with E-state index in [0.717, 1.165) is 12.2 Å². The molecule has 1 aromatic rings. The Balaban J connectivity index is 2.17. The summed E-state index contributed by atoms with van der Waals surface area (Å²) in [5.41, 5.74) is 6.67. The first-order chi connectivity index (χ1) is 9.08. The van der Waals surface area contributed by atoms with Crippen LogP contribution in [0.1, 0.15) is 19.8 Å². The number of hydrogen-bond acceptors (Lipinski definition) is 4. The molecule has 3 N–H and O–H groups in total. The third-order valence-corrected chi connectivity index (χ3v) is 4.73. The zero-order chi connectivity index (χ0) is 13.9. The SMILES string of the molecule is CCNS(=O)(=O)c1ccc(N(CCN)C2CC2)cc1. The Bertz CT molecular complexity index is 509. The number of rotatable bonds is 7. The van der Waals surface area contributed by atoms with E-state index in [0.29, 0.717) is 24.0 Å². The Morgan fingerprint density at radius 1 is 1.32 bits per heavy atom. The van der Waals surface area contributed by atoms with Crippen molar-refractivity contribution < 1.29 is 8.42 Å². The number of hydrogen-bond donors (Lipinski definition) is 2. The molecule has 5 nitrogen and oxygen atoms in total. The molecule has 0 unspecified atom stereocenters. The molecule has 0 bridgehead atoms. The molecule has 1 aliphatic carbocycles. The molecule has 0 radical (unpaired) electrons. The summed E-state index contributed by atoms with van der Waals surface area (Å²) in [5, 5.41) is 0. The van der Waals surface area contributed by atoms with Gasteiger partial charge in [0.15, 0.2) is 0 Å². The van der Waals surface area contributed by atoms with Crippen molar-refractivity contribution in [1.82, 2.24) is 4.72 Å². The zero-order valence-electron chi connectivity index (χ0n) is 11.2. The normalized spacial score (nSPS) is 15.5. The molecule has 1 aromatic carbocycles. The van der Waals surface area contributed by atoms with Crippen LogP contribution in [0.3, 0.4) is 0 Å². The van der Waals surface area contributed by atoms with Gasteiger partial charge in [-0.05, 0) is 37.1 Å². The highest BCUT2D eigenvalue weighted by Crippen LogP contribution is 2.31. The van der Waals surface area contributed by atoms with Gasteiger partial charge in [-0.2, -0.15) is 0 Å². The van der Waals surface area contributed by atoms with Crippen molar-refractivity contribution in [2.75, 3.05) is 24.5 Å². The number of nitrogens with one attached hydrogen (secondary N) is 1. The lowest BCUT2D eigenvalue weighted by Crippen LogP contribution is -2.31. The molecule has 0 aliphatic heterocycles. The monoisotopic (exact) mass is 283 g/mol. The number of nitrogens with two attached hydrogens (primary N) is 1. The van der Waals surface area contributed by atoms with Crippen molar-refractivity contribution in [3.05, 3.63) is 24.3 Å². The lowest BCUT2D eigenvalue weighted by Gasteiger charge is -2.24. The summed E-state index contributed by atoms with van der Waals surface area (Å²) in [6, 6.07) is 7.59. The Morgan fingerprint density at radius 3 is 2.42 bits per heavy atom. The lowest BCUT2D eigenvalue weighted by molar-refractivity contribution is 0.584. The van der Waals surface area contributed by atoms with Crippen LogP contribution in [0.2, 0.25) is 0 Å². The second-order valence-electron chi connectivity index (χ2n) is 4.71. The van der Waals surface area contributed by atoms with Gasteiger partial charge in [-0.1, -0.05) is 6.92 Å². The minimum absolute atomic E-state index is 0.307. The first kappa shape index (κ1) is 14.3. The molecule has 0 spiro atoms. The summed E-state index contributed by atoms with van der Waals surface area (Å²) in [4.78, 5) is 2.56. The fourth-order valence-corrected chi connectivity index (χ4v) is 3.18. The molecule has 0 saturated heterocycles. The van der Waals surface area contributed by atoms with Gasteiger partial charge in [0, 0.05) is 31.4 Å². The minimum atomic E-state index is -3.36. The summed E-state index contributed by atoms with van der Waals surface area (Å²) in [6.45, 7) is 3.57. The van der Waals surface area contributed by atoms with Gasteiger partial charge in [0.2, 0.25) is 10.0 Å². The van der Waals surface area contributed by atoms with Crippen LogP contribution < -0.4 is 15.4 Å². The molecule has 1 saturated carbocycles. The Labute approximate surface area is 114 Å². The van der Waals surface area contributed by atoms with Gasteiger partial charge in [-0.15, -0.1) is 0 Å². The average Bonchev–Trinajstić information content (AvgIpc) is 3.20. The molecule has 1 aliphatic rings. The van der Waals surface area contributed by atoms with Crippen molar-refractivity contribution in [3.63, 3.8) is 0 Å². The van der Waals surface area contributed by atoms with E-state index in [1.165, 1.54) is 12.8 Å². The van der Waals surface area contributed by atoms with Crippen LogP contribution in [0.15, 0.2) is 29.2 Å². The molecule has 19 heavy (non-hydrogen) atoms. The average molecular weight is 283 g/mol.